The van der Waals surface area contributed by atoms with Crippen LogP contribution in [0.25, 0.3) is 10.2 Å². The number of H-pyrrole nitrogens is 1. The number of carbonyl (C=O) groups excluding carboxylic acids is 4. The van der Waals surface area contributed by atoms with Gasteiger partial charge in [0.1, 0.15) is 10.9 Å². The molecular weight excluding hydrogens is 580 g/mol. The summed E-state index contributed by atoms with van der Waals surface area (Å²) in [6.07, 6.45) is 2.66. The number of anilines is 2. The summed E-state index contributed by atoms with van der Waals surface area (Å²) in [5.41, 5.74) is 1.12. The first kappa shape index (κ1) is 30.2. The van der Waals surface area contributed by atoms with Gasteiger partial charge in [-0.15, -0.1) is 16.4 Å². The lowest BCUT2D eigenvalue weighted by Crippen LogP contribution is -2.40. The van der Waals surface area contributed by atoms with Gasteiger partial charge in [0.05, 0.1) is 32.6 Å². The summed E-state index contributed by atoms with van der Waals surface area (Å²) in [6.45, 7) is 7.45. The summed E-state index contributed by atoms with van der Waals surface area (Å²) in [7, 11) is 0. The minimum absolute atomic E-state index is 0.0653. The third-order valence-corrected chi connectivity index (χ3v) is 8.18. The van der Waals surface area contributed by atoms with Crippen molar-refractivity contribution in [2.24, 2.45) is 0 Å². The molecule has 0 aliphatic heterocycles. The SMILES string of the molecule is CCC(C)OC(=O)n1nc(NC(=O)c2ccccc2NC(=O)c2cc[nH]c2)c2cc(C(=O)NC(C)(C)c3ccccc3)sc21. The molecule has 3 heterocycles. The quantitative estimate of drug-likeness (QED) is 0.152. The molecule has 0 saturated carbocycles. The van der Waals surface area contributed by atoms with Crippen LogP contribution in [-0.4, -0.2) is 44.7 Å². The zero-order valence-electron chi connectivity index (χ0n) is 24.6. The molecule has 0 aliphatic rings. The number of nitrogens with zero attached hydrogens (tertiary/aromatic N) is 2. The molecule has 0 saturated heterocycles. The number of carbonyl (C=O) groups is 4. The first-order valence-corrected chi connectivity index (χ1v) is 14.8. The molecule has 0 spiro atoms. The Morgan fingerprint density at radius 2 is 1.70 bits per heavy atom. The first-order valence-electron chi connectivity index (χ1n) is 14.0. The van der Waals surface area contributed by atoms with Crippen molar-refractivity contribution < 1.29 is 23.9 Å². The molecule has 0 radical (unpaired) electrons. The second-order valence-corrected chi connectivity index (χ2v) is 11.7. The summed E-state index contributed by atoms with van der Waals surface area (Å²) >= 11 is 1.06. The van der Waals surface area contributed by atoms with Gasteiger partial charge in [0.15, 0.2) is 5.82 Å². The third-order valence-electron chi connectivity index (χ3n) is 7.07. The lowest BCUT2D eigenvalue weighted by Gasteiger charge is -2.26. The summed E-state index contributed by atoms with van der Waals surface area (Å²) < 4.78 is 6.56. The Balaban J connectivity index is 1.46. The van der Waals surface area contributed by atoms with Gasteiger partial charge in [0.2, 0.25) is 0 Å². The minimum Gasteiger partial charge on any atom is -0.445 e. The standard InChI is InChI=1S/C32H32N6O5S/c1-5-19(2)43-31(42)38-30-23(17-25(44-30)29(41)36-32(3,4)21-11-7-6-8-12-21)26(37-38)35-28(40)22-13-9-10-14-24(22)34-27(39)20-15-16-33-18-20/h6-19,33H,5H2,1-4H3,(H,34,39)(H,36,41)(H,35,37,40). The van der Waals surface area contributed by atoms with Crippen LogP contribution in [0.5, 0.6) is 0 Å². The number of ether oxygens (including phenoxy) is 1. The number of amides is 3. The normalized spacial score (nSPS) is 12.0. The molecule has 3 amide bonds. The zero-order valence-corrected chi connectivity index (χ0v) is 25.5. The highest BCUT2D eigenvalue weighted by Crippen LogP contribution is 2.33. The Morgan fingerprint density at radius 1 is 0.977 bits per heavy atom. The van der Waals surface area contributed by atoms with E-state index in [9.17, 15) is 19.2 Å². The van der Waals surface area contributed by atoms with Crippen molar-refractivity contribution in [2.45, 2.75) is 45.8 Å². The zero-order chi connectivity index (χ0) is 31.4. The fourth-order valence-electron chi connectivity index (χ4n) is 4.44. The molecule has 0 bridgehead atoms. The number of benzene rings is 2. The van der Waals surface area contributed by atoms with E-state index in [1.807, 2.05) is 51.1 Å². The molecule has 4 N–H and O–H groups in total. The maximum absolute atomic E-state index is 13.5. The van der Waals surface area contributed by atoms with E-state index in [4.69, 9.17) is 4.74 Å². The van der Waals surface area contributed by atoms with E-state index in [0.717, 1.165) is 21.6 Å². The van der Waals surface area contributed by atoms with Gasteiger partial charge in [-0.1, -0.05) is 49.4 Å². The predicted molar refractivity (Wildman–Crippen MR) is 169 cm³/mol. The Labute approximate surface area is 257 Å². The highest BCUT2D eigenvalue weighted by molar-refractivity contribution is 7.20. The van der Waals surface area contributed by atoms with Gasteiger partial charge in [-0.3, -0.25) is 14.4 Å². The fourth-order valence-corrected chi connectivity index (χ4v) is 5.43. The average Bonchev–Trinajstić information content (AvgIpc) is 3.76. The number of thiophene rings is 1. The van der Waals surface area contributed by atoms with Crippen LogP contribution >= 0.6 is 11.3 Å². The van der Waals surface area contributed by atoms with Crippen LogP contribution in [0.2, 0.25) is 0 Å². The van der Waals surface area contributed by atoms with Crippen LogP contribution in [0.3, 0.4) is 0 Å². The van der Waals surface area contributed by atoms with Crippen molar-refractivity contribution >= 4 is 56.9 Å². The predicted octanol–water partition coefficient (Wildman–Crippen LogP) is 6.38. The number of nitrogens with one attached hydrogen (secondary N) is 4. The van der Waals surface area contributed by atoms with Crippen molar-refractivity contribution in [1.82, 2.24) is 20.1 Å². The van der Waals surface area contributed by atoms with Crippen molar-refractivity contribution in [3.05, 3.63) is 101 Å². The van der Waals surface area contributed by atoms with E-state index >= 15 is 0 Å². The molecule has 1 unspecified atom stereocenters. The second kappa shape index (κ2) is 12.6. The molecule has 0 fully saturated rings. The summed E-state index contributed by atoms with van der Waals surface area (Å²) in [5.74, 6) is -1.25. The number of hydrogen-bond acceptors (Lipinski definition) is 7. The number of rotatable bonds is 9. The number of hydrogen-bond donors (Lipinski definition) is 4. The average molecular weight is 613 g/mol. The van der Waals surface area contributed by atoms with Crippen molar-refractivity contribution in [2.75, 3.05) is 10.6 Å². The number of para-hydroxylation sites is 1. The summed E-state index contributed by atoms with van der Waals surface area (Å²) in [4.78, 5) is 56.2. The van der Waals surface area contributed by atoms with Gasteiger partial charge in [-0.05, 0) is 57.0 Å². The van der Waals surface area contributed by atoms with E-state index in [1.165, 1.54) is 0 Å². The van der Waals surface area contributed by atoms with E-state index < -0.39 is 23.4 Å². The van der Waals surface area contributed by atoms with Gasteiger partial charge in [0, 0.05) is 12.4 Å². The first-order chi connectivity index (χ1) is 21.1. The summed E-state index contributed by atoms with van der Waals surface area (Å²) in [6, 6.07) is 19.3. The van der Waals surface area contributed by atoms with Gasteiger partial charge in [0.25, 0.3) is 17.7 Å². The lowest BCUT2D eigenvalue weighted by molar-refractivity contribution is 0.0914. The summed E-state index contributed by atoms with van der Waals surface area (Å²) in [5, 5.41) is 13.3. The van der Waals surface area contributed by atoms with Gasteiger partial charge in [-0.25, -0.2) is 4.79 Å². The van der Waals surface area contributed by atoms with E-state index in [2.05, 4.69) is 26.0 Å². The minimum atomic E-state index is -0.734. The number of aromatic nitrogens is 3. The van der Waals surface area contributed by atoms with Gasteiger partial charge < -0.3 is 25.7 Å². The molecule has 12 heteroatoms. The molecule has 5 rings (SSSR count). The van der Waals surface area contributed by atoms with Gasteiger partial charge >= 0.3 is 6.09 Å². The molecule has 0 aliphatic carbocycles. The van der Waals surface area contributed by atoms with E-state index in [-0.39, 0.29) is 29.1 Å². The molecule has 3 aromatic heterocycles. The highest BCUT2D eigenvalue weighted by Gasteiger charge is 2.28. The van der Waals surface area contributed by atoms with Crippen LogP contribution in [-0.2, 0) is 10.3 Å². The Morgan fingerprint density at radius 3 is 2.41 bits per heavy atom. The molecule has 226 valence electrons. The monoisotopic (exact) mass is 612 g/mol. The largest absolute Gasteiger partial charge is 0.445 e. The number of aromatic amines is 1. The smallest absolute Gasteiger partial charge is 0.436 e. The van der Waals surface area contributed by atoms with Crippen molar-refractivity contribution in [1.29, 1.82) is 0 Å². The fraction of sp³-hybridized carbons (Fsp3) is 0.219. The molecule has 44 heavy (non-hydrogen) atoms. The Hall–Kier alpha value is -5.23. The molecule has 11 nitrogen and oxygen atoms in total. The maximum atomic E-state index is 13.5. The van der Waals surface area contributed by atoms with Crippen LogP contribution in [0.4, 0.5) is 16.3 Å². The Kier molecular flexibility index (Phi) is 8.63. The maximum Gasteiger partial charge on any atom is 0.436 e. The molecule has 2 aromatic carbocycles. The second-order valence-electron chi connectivity index (χ2n) is 10.7. The van der Waals surface area contributed by atoms with Crippen molar-refractivity contribution in [3.8, 4) is 0 Å². The number of fused-ring (bicyclic) bond motifs is 1. The topological polar surface area (TPSA) is 147 Å². The molecule has 5 aromatic rings. The molecule has 1 atom stereocenters. The van der Waals surface area contributed by atoms with Crippen LogP contribution in [0, 0.1) is 0 Å². The highest BCUT2D eigenvalue weighted by atomic mass is 32.1. The van der Waals surface area contributed by atoms with Crippen molar-refractivity contribution in [3.63, 3.8) is 0 Å². The lowest BCUT2D eigenvalue weighted by atomic mass is 9.94. The van der Waals surface area contributed by atoms with Gasteiger partial charge in [-0.2, -0.15) is 4.68 Å². The van der Waals surface area contributed by atoms with E-state index in [0.29, 0.717) is 27.1 Å². The molecular formula is C32H32N6O5S. The van der Waals surface area contributed by atoms with Crippen LogP contribution in [0.15, 0.2) is 79.1 Å². The third kappa shape index (κ3) is 6.40. The van der Waals surface area contributed by atoms with Crippen LogP contribution in [0.1, 0.15) is 70.1 Å². The Bertz CT molecular complexity index is 1820. The van der Waals surface area contributed by atoms with Crippen LogP contribution < -0.4 is 16.0 Å². The van der Waals surface area contributed by atoms with E-state index in [1.54, 1.807) is 55.7 Å².